The van der Waals surface area contributed by atoms with Crippen LogP contribution in [0.2, 0.25) is 0 Å². The Kier molecular flexibility index (Phi) is 8.25. The fraction of sp³-hybridized carbons (Fsp3) is 0.111. The van der Waals surface area contributed by atoms with E-state index in [0.29, 0.717) is 16.2 Å². The molecule has 0 radical (unpaired) electrons. The normalized spacial score (nSPS) is 12.1. The molecule has 0 saturated heterocycles. The molecule has 6 nitrogen and oxygen atoms in total. The molecule has 4 aromatic rings. The first-order valence-electron chi connectivity index (χ1n) is 10.9. The van der Waals surface area contributed by atoms with Gasteiger partial charge in [-0.05, 0) is 54.6 Å². The van der Waals surface area contributed by atoms with Gasteiger partial charge in [-0.15, -0.1) is 11.3 Å². The lowest BCUT2D eigenvalue weighted by molar-refractivity contribution is -0.0498. The quantitative estimate of drug-likeness (QED) is 0.239. The molecule has 3 aromatic carbocycles. The summed E-state index contributed by atoms with van der Waals surface area (Å²) in [7, 11) is 3.21. The molecule has 0 amide bonds. The maximum absolute atomic E-state index is 12.5. The predicted octanol–water partition coefficient (Wildman–Crippen LogP) is 6.61. The number of alkyl halides is 2. The highest BCUT2D eigenvalue weighted by Gasteiger charge is 2.10. The summed E-state index contributed by atoms with van der Waals surface area (Å²) in [6.07, 6.45) is 5.35. The van der Waals surface area contributed by atoms with Crippen molar-refractivity contribution in [2.45, 2.75) is 6.61 Å². The molecular weight excluding hydrogens is 484 g/mol. The Bertz CT molecular complexity index is 1430. The van der Waals surface area contributed by atoms with Crippen LogP contribution in [0.25, 0.3) is 17.3 Å². The minimum atomic E-state index is -2.88. The van der Waals surface area contributed by atoms with E-state index >= 15 is 0 Å². The Hall–Kier alpha value is -4.24. The van der Waals surface area contributed by atoms with Gasteiger partial charge >= 0.3 is 6.61 Å². The van der Waals surface area contributed by atoms with Crippen LogP contribution in [0, 0.1) is 0 Å². The summed E-state index contributed by atoms with van der Waals surface area (Å²) >= 11 is 1.39. The fourth-order valence-corrected chi connectivity index (χ4v) is 4.22. The molecule has 0 atom stereocenters. The van der Waals surface area contributed by atoms with Gasteiger partial charge in [-0.2, -0.15) is 13.9 Å². The molecule has 1 heterocycles. The summed E-state index contributed by atoms with van der Waals surface area (Å²) in [6.45, 7) is -2.88. The summed E-state index contributed by atoms with van der Waals surface area (Å²) in [5.41, 5.74) is 3.07. The van der Waals surface area contributed by atoms with E-state index in [0.717, 1.165) is 22.6 Å². The average Bonchev–Trinajstić information content (AvgIpc) is 3.29. The van der Waals surface area contributed by atoms with Gasteiger partial charge in [-0.1, -0.05) is 30.3 Å². The number of thiazole rings is 1. The molecule has 4 rings (SSSR count). The molecule has 0 aliphatic rings. The van der Waals surface area contributed by atoms with E-state index in [-0.39, 0.29) is 5.75 Å². The van der Waals surface area contributed by atoms with Crippen molar-refractivity contribution in [3.63, 3.8) is 0 Å². The van der Waals surface area contributed by atoms with Crippen molar-refractivity contribution in [3.05, 3.63) is 94.6 Å². The SMILES string of the molecule is COc1ccccc1C=CC=Nn1c(-c2ccc(OC(F)F)cc2)csc1=Nc1ccccc1OC. The minimum Gasteiger partial charge on any atom is -0.496 e. The van der Waals surface area contributed by atoms with Gasteiger partial charge in [0.25, 0.3) is 0 Å². The molecule has 1 aromatic heterocycles. The first-order chi connectivity index (χ1) is 17.6. The van der Waals surface area contributed by atoms with Gasteiger partial charge in [-0.25, -0.2) is 9.67 Å². The largest absolute Gasteiger partial charge is 0.496 e. The van der Waals surface area contributed by atoms with Crippen molar-refractivity contribution in [2.24, 2.45) is 10.1 Å². The second-order valence-electron chi connectivity index (χ2n) is 7.27. The van der Waals surface area contributed by atoms with Crippen LogP contribution in [0.1, 0.15) is 5.56 Å². The molecule has 0 fully saturated rings. The zero-order valence-electron chi connectivity index (χ0n) is 19.5. The van der Waals surface area contributed by atoms with E-state index in [9.17, 15) is 8.78 Å². The topological polar surface area (TPSA) is 57.3 Å². The highest BCUT2D eigenvalue weighted by molar-refractivity contribution is 7.07. The highest BCUT2D eigenvalue weighted by Crippen LogP contribution is 2.28. The van der Waals surface area contributed by atoms with Crippen LogP contribution < -0.4 is 19.0 Å². The number of rotatable bonds is 9. The zero-order chi connectivity index (χ0) is 25.3. The Balaban J connectivity index is 1.74. The monoisotopic (exact) mass is 507 g/mol. The summed E-state index contributed by atoms with van der Waals surface area (Å²) in [5, 5.41) is 6.53. The third kappa shape index (κ3) is 6.05. The molecule has 9 heteroatoms. The molecule has 184 valence electrons. The molecular formula is C27H23F2N3O3S. The maximum atomic E-state index is 12.5. The standard InChI is InChI=1S/C27H23F2N3O3S/c1-33-24-11-5-3-8-20(24)9-7-17-30-32-23(19-13-15-21(16-14-19)35-26(28)29)18-36-27(32)31-22-10-4-6-12-25(22)34-2/h3-18,26H,1-2H3. The van der Waals surface area contributed by atoms with Crippen LogP contribution in [0.4, 0.5) is 14.5 Å². The van der Waals surface area contributed by atoms with Crippen molar-refractivity contribution >= 4 is 29.3 Å². The number of benzene rings is 3. The van der Waals surface area contributed by atoms with E-state index < -0.39 is 6.61 Å². The second kappa shape index (κ2) is 11.9. The lowest BCUT2D eigenvalue weighted by atomic mass is 10.2. The number of aromatic nitrogens is 1. The van der Waals surface area contributed by atoms with Crippen LogP contribution in [-0.2, 0) is 0 Å². The summed E-state index contributed by atoms with van der Waals surface area (Å²) in [6, 6.07) is 21.5. The number of para-hydroxylation sites is 3. The van der Waals surface area contributed by atoms with Crippen molar-refractivity contribution < 1.29 is 23.0 Å². The molecule has 0 bridgehead atoms. The number of hydrogen-bond acceptors (Lipinski definition) is 6. The van der Waals surface area contributed by atoms with E-state index in [1.165, 1.54) is 23.5 Å². The van der Waals surface area contributed by atoms with Crippen LogP contribution in [0.15, 0.2) is 94.3 Å². The van der Waals surface area contributed by atoms with E-state index in [2.05, 4.69) is 9.84 Å². The van der Waals surface area contributed by atoms with Gasteiger partial charge in [-0.3, -0.25) is 0 Å². The molecule has 0 unspecified atom stereocenters. The number of nitrogens with zero attached hydrogens (tertiary/aromatic N) is 3. The zero-order valence-corrected chi connectivity index (χ0v) is 20.4. The Labute approximate surface area is 211 Å². The van der Waals surface area contributed by atoms with E-state index in [4.69, 9.17) is 14.5 Å². The van der Waals surface area contributed by atoms with Crippen molar-refractivity contribution in [1.82, 2.24) is 4.68 Å². The highest BCUT2D eigenvalue weighted by atomic mass is 32.1. The van der Waals surface area contributed by atoms with E-state index in [1.807, 2.05) is 60.0 Å². The average molecular weight is 508 g/mol. The summed E-state index contributed by atoms with van der Waals surface area (Å²) in [5.74, 6) is 1.47. The minimum absolute atomic E-state index is 0.0812. The molecule has 0 saturated carbocycles. The van der Waals surface area contributed by atoms with E-state index in [1.54, 1.807) is 43.3 Å². The van der Waals surface area contributed by atoms with Gasteiger partial charge in [0.2, 0.25) is 4.80 Å². The molecule has 0 N–H and O–H groups in total. The molecule has 0 aliphatic heterocycles. The Morgan fingerprint density at radius 1 is 0.889 bits per heavy atom. The van der Waals surface area contributed by atoms with Gasteiger partial charge in [0.1, 0.15) is 22.9 Å². The molecule has 0 spiro atoms. The lowest BCUT2D eigenvalue weighted by Crippen LogP contribution is -2.11. The number of methoxy groups -OCH3 is 2. The number of halogens is 2. The van der Waals surface area contributed by atoms with Gasteiger partial charge in [0.15, 0.2) is 0 Å². The Morgan fingerprint density at radius 3 is 2.31 bits per heavy atom. The summed E-state index contributed by atoms with van der Waals surface area (Å²) in [4.78, 5) is 5.36. The number of hydrogen-bond donors (Lipinski definition) is 0. The third-order valence-electron chi connectivity index (χ3n) is 5.04. The maximum Gasteiger partial charge on any atom is 0.387 e. The van der Waals surface area contributed by atoms with Crippen LogP contribution in [0.5, 0.6) is 17.2 Å². The third-order valence-corrected chi connectivity index (χ3v) is 5.86. The predicted molar refractivity (Wildman–Crippen MR) is 139 cm³/mol. The first kappa shape index (κ1) is 24.9. The second-order valence-corrected chi connectivity index (χ2v) is 8.10. The lowest BCUT2D eigenvalue weighted by Gasteiger charge is -2.07. The number of allylic oxidation sites excluding steroid dienone is 1. The van der Waals surface area contributed by atoms with Gasteiger partial charge in [0.05, 0.1) is 19.9 Å². The van der Waals surface area contributed by atoms with Crippen LogP contribution >= 0.6 is 11.3 Å². The van der Waals surface area contributed by atoms with Crippen molar-refractivity contribution in [2.75, 3.05) is 14.2 Å². The molecule has 0 aliphatic carbocycles. The fourth-order valence-electron chi connectivity index (χ4n) is 3.38. The van der Waals surface area contributed by atoms with Crippen molar-refractivity contribution in [3.8, 4) is 28.5 Å². The number of ether oxygens (including phenoxy) is 3. The van der Waals surface area contributed by atoms with Crippen LogP contribution in [0.3, 0.4) is 0 Å². The van der Waals surface area contributed by atoms with Gasteiger partial charge in [0, 0.05) is 22.7 Å². The summed E-state index contributed by atoms with van der Waals surface area (Å²) < 4.78 is 42.1. The van der Waals surface area contributed by atoms with Crippen LogP contribution in [-0.4, -0.2) is 31.7 Å². The smallest absolute Gasteiger partial charge is 0.387 e. The van der Waals surface area contributed by atoms with Gasteiger partial charge < -0.3 is 14.2 Å². The first-order valence-corrected chi connectivity index (χ1v) is 11.7. The Morgan fingerprint density at radius 2 is 1.58 bits per heavy atom. The van der Waals surface area contributed by atoms with Crippen molar-refractivity contribution in [1.29, 1.82) is 0 Å². The molecule has 36 heavy (non-hydrogen) atoms.